The summed E-state index contributed by atoms with van der Waals surface area (Å²) in [6.07, 6.45) is 0. The molecule has 1 atom stereocenters. The molecule has 0 fully saturated rings. The van der Waals surface area contributed by atoms with Crippen molar-refractivity contribution in [3.8, 4) is 11.6 Å². The summed E-state index contributed by atoms with van der Waals surface area (Å²) < 4.78 is 7.21. The van der Waals surface area contributed by atoms with Crippen LogP contribution in [0.2, 0.25) is 0 Å². The second-order valence-electron chi connectivity index (χ2n) is 6.00. The molecule has 0 aliphatic rings. The van der Waals surface area contributed by atoms with Crippen molar-refractivity contribution in [2.75, 3.05) is 32.9 Å². The van der Waals surface area contributed by atoms with Gasteiger partial charge in [0.25, 0.3) is 0 Å². The van der Waals surface area contributed by atoms with Gasteiger partial charge in [0.2, 0.25) is 10.8 Å². The molecule has 9 heteroatoms. The second-order valence-corrected chi connectivity index (χ2v) is 7.01. The number of thiazole rings is 1. The molecule has 1 aromatic carbocycles. The highest BCUT2D eigenvalue weighted by Crippen LogP contribution is 2.42. The van der Waals surface area contributed by atoms with Crippen LogP contribution in [-0.2, 0) is 0 Å². The molecule has 0 aliphatic heterocycles. The maximum Gasteiger partial charge on any atom is 0.230 e. The van der Waals surface area contributed by atoms with E-state index in [-0.39, 0.29) is 19.1 Å². The van der Waals surface area contributed by atoms with E-state index in [1.54, 1.807) is 6.92 Å². The van der Waals surface area contributed by atoms with Gasteiger partial charge in [-0.2, -0.15) is 4.52 Å². The lowest BCUT2D eigenvalue weighted by Crippen LogP contribution is -2.34. The zero-order valence-corrected chi connectivity index (χ0v) is 16.2. The fraction of sp³-hybridized carbons (Fsp3) is 0.444. The molecular weight excluding hydrogens is 368 g/mol. The molecule has 0 saturated heterocycles. The van der Waals surface area contributed by atoms with Gasteiger partial charge in [-0.05, 0) is 19.9 Å². The Morgan fingerprint density at radius 2 is 1.93 bits per heavy atom. The molecule has 0 amide bonds. The molecule has 2 aromatic heterocycles. The number of fused-ring (bicyclic) bond motifs is 1. The Balaban J connectivity index is 2.17. The molecular formula is C18H24N4O4S. The number of hydrogen-bond donors (Lipinski definition) is 3. The van der Waals surface area contributed by atoms with Crippen LogP contribution in [0, 0.1) is 6.92 Å². The maximum atomic E-state index is 10.8. The molecule has 3 aromatic rings. The molecule has 3 rings (SSSR count). The summed E-state index contributed by atoms with van der Waals surface area (Å²) in [4.78, 5) is 7.48. The van der Waals surface area contributed by atoms with Crippen LogP contribution >= 0.6 is 11.3 Å². The number of rotatable bonds is 9. The van der Waals surface area contributed by atoms with E-state index in [1.165, 1.54) is 15.9 Å². The first kappa shape index (κ1) is 19.6. The van der Waals surface area contributed by atoms with Crippen LogP contribution in [0.25, 0.3) is 4.96 Å². The van der Waals surface area contributed by atoms with Gasteiger partial charge in [0.05, 0.1) is 30.7 Å². The summed E-state index contributed by atoms with van der Waals surface area (Å²) in [7, 11) is 0. The quantitative estimate of drug-likeness (QED) is 0.508. The fourth-order valence-corrected chi connectivity index (χ4v) is 4.30. The van der Waals surface area contributed by atoms with Crippen LogP contribution in [0.1, 0.15) is 29.2 Å². The third-order valence-electron chi connectivity index (χ3n) is 4.21. The van der Waals surface area contributed by atoms with Crippen molar-refractivity contribution in [3.63, 3.8) is 0 Å². The molecule has 1 unspecified atom stereocenters. The van der Waals surface area contributed by atoms with Gasteiger partial charge >= 0.3 is 0 Å². The number of aromatic nitrogens is 3. The zero-order chi connectivity index (χ0) is 19.4. The minimum absolute atomic E-state index is 0.00720. The first-order valence-corrected chi connectivity index (χ1v) is 9.64. The molecule has 27 heavy (non-hydrogen) atoms. The monoisotopic (exact) mass is 392 g/mol. The first-order valence-electron chi connectivity index (χ1n) is 8.83. The van der Waals surface area contributed by atoms with E-state index in [9.17, 15) is 15.3 Å². The second kappa shape index (κ2) is 8.66. The molecule has 3 N–H and O–H groups in total. The summed E-state index contributed by atoms with van der Waals surface area (Å²) >= 11 is 1.33. The minimum Gasteiger partial charge on any atom is -0.494 e. The van der Waals surface area contributed by atoms with Crippen molar-refractivity contribution in [1.29, 1.82) is 0 Å². The summed E-state index contributed by atoms with van der Waals surface area (Å²) in [6, 6.07) is 7.18. The molecule has 0 bridgehead atoms. The van der Waals surface area contributed by atoms with Crippen LogP contribution in [0.15, 0.2) is 24.3 Å². The van der Waals surface area contributed by atoms with E-state index in [2.05, 4.69) is 10.1 Å². The fourth-order valence-electron chi connectivity index (χ4n) is 3.15. The standard InChI is InChI=1S/C18H24N4O4S/c1-3-26-14-7-5-4-6-13(14)15(21(8-10-23)9-11-24)16-17(25)22-18(27-16)19-12(2)20-22/h4-7,15,23-25H,3,8-11H2,1-2H3. The van der Waals surface area contributed by atoms with E-state index in [0.29, 0.717) is 41.1 Å². The van der Waals surface area contributed by atoms with Crippen LogP contribution < -0.4 is 4.74 Å². The lowest BCUT2D eigenvalue weighted by Gasteiger charge is -2.31. The highest BCUT2D eigenvalue weighted by molar-refractivity contribution is 7.17. The Morgan fingerprint density at radius 3 is 2.56 bits per heavy atom. The maximum absolute atomic E-state index is 10.8. The Hall–Kier alpha value is -2.20. The smallest absolute Gasteiger partial charge is 0.230 e. The normalized spacial score (nSPS) is 12.8. The molecule has 0 spiro atoms. The Kier molecular flexibility index (Phi) is 6.27. The highest BCUT2D eigenvalue weighted by atomic mass is 32.1. The number of aromatic hydroxyl groups is 1. The van der Waals surface area contributed by atoms with Crippen LogP contribution in [-0.4, -0.2) is 67.7 Å². The van der Waals surface area contributed by atoms with Crippen LogP contribution in [0.4, 0.5) is 0 Å². The van der Waals surface area contributed by atoms with Gasteiger partial charge in [0, 0.05) is 18.7 Å². The van der Waals surface area contributed by atoms with E-state index in [4.69, 9.17) is 4.74 Å². The number of aliphatic hydroxyl groups is 2. The SMILES string of the molecule is CCOc1ccccc1C(c1sc2nc(C)nn2c1O)N(CCO)CCO. The van der Waals surface area contributed by atoms with Crippen LogP contribution in [0.3, 0.4) is 0 Å². The average molecular weight is 392 g/mol. The first-order chi connectivity index (χ1) is 13.1. The third-order valence-corrected chi connectivity index (χ3v) is 5.28. The van der Waals surface area contributed by atoms with E-state index in [1.807, 2.05) is 36.1 Å². The van der Waals surface area contributed by atoms with Crippen molar-refractivity contribution in [3.05, 3.63) is 40.5 Å². The van der Waals surface area contributed by atoms with E-state index >= 15 is 0 Å². The van der Waals surface area contributed by atoms with E-state index < -0.39 is 6.04 Å². The largest absolute Gasteiger partial charge is 0.494 e. The summed E-state index contributed by atoms with van der Waals surface area (Å²) in [5.74, 6) is 1.28. The number of nitrogens with zero attached hydrogens (tertiary/aromatic N) is 4. The number of aryl methyl sites for hydroxylation is 1. The predicted octanol–water partition coefficient (Wildman–Crippen LogP) is 1.58. The van der Waals surface area contributed by atoms with Gasteiger partial charge < -0.3 is 20.1 Å². The van der Waals surface area contributed by atoms with Gasteiger partial charge in [-0.3, -0.25) is 4.90 Å². The zero-order valence-electron chi connectivity index (χ0n) is 15.4. The number of aliphatic hydroxyl groups excluding tert-OH is 2. The van der Waals surface area contributed by atoms with Crippen molar-refractivity contribution in [2.24, 2.45) is 0 Å². The Morgan fingerprint density at radius 1 is 1.22 bits per heavy atom. The van der Waals surface area contributed by atoms with E-state index in [0.717, 1.165) is 5.56 Å². The van der Waals surface area contributed by atoms with Crippen molar-refractivity contribution < 1.29 is 20.1 Å². The lowest BCUT2D eigenvalue weighted by atomic mass is 10.0. The molecule has 2 heterocycles. The third kappa shape index (κ3) is 3.91. The molecule has 0 aliphatic carbocycles. The minimum atomic E-state index is -0.416. The van der Waals surface area contributed by atoms with Gasteiger partial charge in [-0.15, -0.1) is 5.10 Å². The number of ether oxygens (including phenoxy) is 1. The Labute approximate surface area is 161 Å². The Bertz CT molecular complexity index is 889. The summed E-state index contributed by atoms with van der Waals surface area (Å²) in [6.45, 7) is 4.70. The highest BCUT2D eigenvalue weighted by Gasteiger charge is 2.31. The van der Waals surface area contributed by atoms with Gasteiger partial charge in [0.15, 0.2) is 0 Å². The van der Waals surface area contributed by atoms with Crippen molar-refractivity contribution in [2.45, 2.75) is 19.9 Å². The molecule has 0 radical (unpaired) electrons. The molecule has 146 valence electrons. The van der Waals surface area contributed by atoms with Crippen LogP contribution in [0.5, 0.6) is 11.6 Å². The summed E-state index contributed by atoms with van der Waals surface area (Å²) in [5.41, 5.74) is 0.845. The van der Waals surface area contributed by atoms with Gasteiger partial charge in [-0.1, -0.05) is 29.5 Å². The topological polar surface area (TPSA) is 103 Å². The molecule has 8 nitrogen and oxygen atoms in total. The van der Waals surface area contributed by atoms with Crippen molar-refractivity contribution >= 4 is 16.3 Å². The van der Waals surface area contributed by atoms with Gasteiger partial charge in [0.1, 0.15) is 11.6 Å². The summed E-state index contributed by atoms with van der Waals surface area (Å²) in [5, 5.41) is 34.1. The number of hydrogen-bond acceptors (Lipinski definition) is 8. The predicted molar refractivity (Wildman–Crippen MR) is 102 cm³/mol. The van der Waals surface area contributed by atoms with Crippen molar-refractivity contribution in [1.82, 2.24) is 19.5 Å². The molecule has 0 saturated carbocycles. The van der Waals surface area contributed by atoms with Gasteiger partial charge in [-0.25, -0.2) is 4.98 Å². The average Bonchev–Trinajstić information content (AvgIpc) is 3.15. The number of benzene rings is 1. The number of para-hydroxylation sites is 1. The lowest BCUT2D eigenvalue weighted by molar-refractivity contribution is 0.134.